The second-order valence-electron chi connectivity index (χ2n) is 4.96. The Balaban J connectivity index is 1.86. The van der Waals surface area contributed by atoms with Crippen LogP contribution in [0.1, 0.15) is 11.3 Å². The molecule has 0 atom stereocenters. The summed E-state index contributed by atoms with van der Waals surface area (Å²) in [6, 6.07) is 0. The average Bonchev–Trinajstić information content (AvgIpc) is 2.39. The van der Waals surface area contributed by atoms with Crippen molar-refractivity contribution in [3.63, 3.8) is 0 Å². The number of likely N-dealkylation sites (N-methyl/N-ethyl adjacent to an activating group) is 1. The first kappa shape index (κ1) is 12.1. The van der Waals surface area contributed by atoms with Crippen molar-refractivity contribution in [3.05, 3.63) is 16.4 Å². The zero-order valence-electron chi connectivity index (χ0n) is 10.6. The predicted octanol–water partition coefficient (Wildman–Crippen LogP) is 0.527. The molecule has 6 heteroatoms. The molecule has 1 fully saturated rings. The van der Waals surface area contributed by atoms with Gasteiger partial charge in [0.15, 0.2) is 0 Å². The van der Waals surface area contributed by atoms with Gasteiger partial charge in [0.05, 0.1) is 5.69 Å². The fourth-order valence-corrected chi connectivity index (χ4v) is 2.73. The Bertz CT molecular complexity index is 442. The van der Waals surface area contributed by atoms with Gasteiger partial charge in [-0.3, -0.25) is 0 Å². The molecular formula is C12H18ClN5. The minimum atomic E-state index is 0.635. The summed E-state index contributed by atoms with van der Waals surface area (Å²) in [5.74, 6) is 0.788. The molecule has 3 heterocycles. The molecule has 5 nitrogen and oxygen atoms in total. The monoisotopic (exact) mass is 267 g/mol. The van der Waals surface area contributed by atoms with Crippen LogP contribution in [-0.2, 0) is 13.0 Å². The number of piperazine rings is 1. The van der Waals surface area contributed by atoms with Gasteiger partial charge in [0.1, 0.15) is 5.15 Å². The van der Waals surface area contributed by atoms with Crippen LogP contribution in [0.3, 0.4) is 0 Å². The zero-order chi connectivity index (χ0) is 12.5. The van der Waals surface area contributed by atoms with Crippen molar-refractivity contribution in [1.29, 1.82) is 0 Å². The summed E-state index contributed by atoms with van der Waals surface area (Å²) in [7, 11) is 2.14. The molecule has 0 aliphatic carbocycles. The van der Waals surface area contributed by atoms with Crippen LogP contribution in [0.5, 0.6) is 0 Å². The number of hydrogen-bond acceptors (Lipinski definition) is 5. The van der Waals surface area contributed by atoms with Gasteiger partial charge in [-0.2, -0.15) is 0 Å². The zero-order valence-corrected chi connectivity index (χ0v) is 11.4. The SMILES string of the molecule is CN1CCN(c2nc(Cl)c3c(n2)CNCC3)CC1. The molecule has 1 aromatic heterocycles. The molecule has 0 radical (unpaired) electrons. The standard InChI is InChI=1S/C12H18ClN5/c1-17-4-6-18(7-5-17)12-15-10-8-14-3-2-9(10)11(13)16-12/h14H,2-8H2,1H3. The van der Waals surface area contributed by atoms with E-state index in [1.54, 1.807) is 0 Å². The molecule has 1 N–H and O–H groups in total. The Kier molecular flexibility index (Phi) is 3.37. The second-order valence-corrected chi connectivity index (χ2v) is 5.31. The number of nitrogens with zero attached hydrogens (tertiary/aromatic N) is 4. The summed E-state index contributed by atoms with van der Waals surface area (Å²) in [6.07, 6.45) is 0.928. The van der Waals surface area contributed by atoms with E-state index >= 15 is 0 Å². The lowest BCUT2D eigenvalue weighted by Gasteiger charge is -2.33. The van der Waals surface area contributed by atoms with Crippen LogP contribution < -0.4 is 10.2 Å². The quantitative estimate of drug-likeness (QED) is 0.752. The number of aromatic nitrogens is 2. The highest BCUT2D eigenvalue weighted by Gasteiger charge is 2.21. The third-order valence-corrected chi connectivity index (χ3v) is 3.97. The third-order valence-electron chi connectivity index (χ3n) is 3.66. The summed E-state index contributed by atoms with van der Waals surface area (Å²) in [4.78, 5) is 13.7. The fraction of sp³-hybridized carbons (Fsp3) is 0.667. The topological polar surface area (TPSA) is 44.3 Å². The number of anilines is 1. The number of rotatable bonds is 1. The van der Waals surface area contributed by atoms with E-state index in [1.165, 1.54) is 0 Å². The predicted molar refractivity (Wildman–Crippen MR) is 72.2 cm³/mol. The molecule has 1 saturated heterocycles. The van der Waals surface area contributed by atoms with Crippen molar-refractivity contribution in [1.82, 2.24) is 20.2 Å². The summed E-state index contributed by atoms with van der Waals surface area (Å²) < 4.78 is 0. The fourth-order valence-electron chi connectivity index (χ4n) is 2.45. The van der Waals surface area contributed by atoms with Gasteiger partial charge in [0.25, 0.3) is 0 Å². The van der Waals surface area contributed by atoms with Gasteiger partial charge in [-0.1, -0.05) is 11.6 Å². The highest BCUT2D eigenvalue weighted by molar-refractivity contribution is 6.30. The summed E-state index contributed by atoms with van der Waals surface area (Å²) in [6.45, 7) is 5.81. The highest BCUT2D eigenvalue weighted by atomic mass is 35.5. The van der Waals surface area contributed by atoms with E-state index in [0.29, 0.717) is 5.15 Å². The smallest absolute Gasteiger partial charge is 0.227 e. The first-order valence-electron chi connectivity index (χ1n) is 6.43. The number of halogens is 1. The molecule has 2 aliphatic rings. The van der Waals surface area contributed by atoms with Gasteiger partial charge < -0.3 is 15.1 Å². The summed E-state index contributed by atoms with van der Waals surface area (Å²) in [5.41, 5.74) is 2.18. The lowest BCUT2D eigenvalue weighted by molar-refractivity contribution is 0.311. The van der Waals surface area contributed by atoms with Crippen LogP contribution in [-0.4, -0.2) is 54.6 Å². The van der Waals surface area contributed by atoms with Gasteiger partial charge >= 0.3 is 0 Å². The highest BCUT2D eigenvalue weighted by Crippen LogP contribution is 2.23. The van der Waals surface area contributed by atoms with E-state index in [4.69, 9.17) is 11.6 Å². The van der Waals surface area contributed by atoms with Crippen LogP contribution in [0.4, 0.5) is 5.95 Å². The Morgan fingerprint density at radius 3 is 2.72 bits per heavy atom. The van der Waals surface area contributed by atoms with Crippen LogP contribution in [0.2, 0.25) is 5.15 Å². The van der Waals surface area contributed by atoms with E-state index in [0.717, 1.165) is 62.9 Å². The largest absolute Gasteiger partial charge is 0.338 e. The minimum absolute atomic E-state index is 0.635. The van der Waals surface area contributed by atoms with Crippen LogP contribution in [0, 0.1) is 0 Å². The van der Waals surface area contributed by atoms with E-state index in [2.05, 4.69) is 32.1 Å². The average molecular weight is 268 g/mol. The third kappa shape index (κ3) is 2.30. The van der Waals surface area contributed by atoms with Gasteiger partial charge in [-0.05, 0) is 20.0 Å². The first-order chi connectivity index (χ1) is 8.74. The van der Waals surface area contributed by atoms with Gasteiger partial charge in [-0.15, -0.1) is 0 Å². The molecule has 1 aromatic rings. The van der Waals surface area contributed by atoms with Gasteiger partial charge in [0.2, 0.25) is 5.95 Å². The van der Waals surface area contributed by atoms with E-state index in [9.17, 15) is 0 Å². The van der Waals surface area contributed by atoms with Crippen molar-refractivity contribution in [2.45, 2.75) is 13.0 Å². The van der Waals surface area contributed by atoms with Crippen molar-refractivity contribution in [2.24, 2.45) is 0 Å². The second kappa shape index (κ2) is 4.99. The Morgan fingerprint density at radius 1 is 1.17 bits per heavy atom. The Morgan fingerprint density at radius 2 is 1.94 bits per heavy atom. The Hall–Kier alpha value is -0.910. The first-order valence-corrected chi connectivity index (χ1v) is 6.81. The van der Waals surface area contributed by atoms with Crippen LogP contribution >= 0.6 is 11.6 Å². The van der Waals surface area contributed by atoms with Gasteiger partial charge in [0, 0.05) is 38.3 Å². The van der Waals surface area contributed by atoms with Crippen molar-refractivity contribution < 1.29 is 0 Å². The molecular weight excluding hydrogens is 250 g/mol. The molecule has 0 spiro atoms. The molecule has 3 rings (SSSR count). The summed E-state index contributed by atoms with van der Waals surface area (Å²) >= 11 is 6.28. The number of nitrogens with one attached hydrogen (secondary N) is 1. The van der Waals surface area contributed by atoms with Crippen molar-refractivity contribution in [2.75, 3.05) is 44.7 Å². The number of hydrogen-bond donors (Lipinski definition) is 1. The lowest BCUT2D eigenvalue weighted by Crippen LogP contribution is -2.45. The maximum Gasteiger partial charge on any atom is 0.227 e. The van der Waals surface area contributed by atoms with Crippen LogP contribution in [0.25, 0.3) is 0 Å². The molecule has 98 valence electrons. The maximum absolute atomic E-state index is 6.28. The number of fused-ring (bicyclic) bond motifs is 1. The van der Waals surface area contributed by atoms with E-state index in [-0.39, 0.29) is 0 Å². The van der Waals surface area contributed by atoms with Crippen LogP contribution in [0.15, 0.2) is 0 Å². The molecule has 2 aliphatic heterocycles. The van der Waals surface area contributed by atoms with E-state index in [1.807, 2.05) is 0 Å². The normalized spacial score (nSPS) is 20.9. The minimum Gasteiger partial charge on any atom is -0.338 e. The summed E-state index contributed by atoms with van der Waals surface area (Å²) in [5, 5.41) is 3.96. The molecule has 0 bridgehead atoms. The van der Waals surface area contributed by atoms with Gasteiger partial charge in [-0.25, -0.2) is 9.97 Å². The Labute approximate surface area is 112 Å². The molecule has 18 heavy (non-hydrogen) atoms. The van der Waals surface area contributed by atoms with Crippen molar-refractivity contribution in [3.8, 4) is 0 Å². The maximum atomic E-state index is 6.28. The van der Waals surface area contributed by atoms with E-state index < -0.39 is 0 Å². The lowest BCUT2D eigenvalue weighted by atomic mass is 10.1. The molecule has 0 unspecified atom stereocenters. The molecule has 0 aromatic carbocycles. The molecule has 0 amide bonds. The van der Waals surface area contributed by atoms with Crippen molar-refractivity contribution >= 4 is 17.5 Å². The molecule has 0 saturated carbocycles.